The molecule has 134 valence electrons. The number of methoxy groups -OCH3 is 1. The fourth-order valence-electron chi connectivity index (χ4n) is 3.25. The summed E-state index contributed by atoms with van der Waals surface area (Å²) in [4.78, 5) is 29.6. The Balaban J connectivity index is 1.97. The Morgan fingerprint density at radius 3 is 2.88 bits per heavy atom. The maximum atomic E-state index is 14.1. The molecule has 1 aliphatic heterocycles. The van der Waals surface area contributed by atoms with Gasteiger partial charge in [-0.15, -0.1) is 0 Å². The van der Waals surface area contributed by atoms with E-state index in [1.54, 1.807) is 11.0 Å². The fraction of sp³-hybridized carbons (Fsp3) is 0.444. The number of carbonyl (C=O) groups is 2. The standard InChI is InChI=1S/C18H22FN3O3/c1-10(2)8-14-17(23)20-6-7-22(14)18(24)13-9-11-15(25-3)5-4-12(19)16(11)21-13/h4-5,9-10,14,21H,6-8H2,1-3H3,(H,20,23). The monoisotopic (exact) mass is 347 g/mol. The highest BCUT2D eigenvalue weighted by atomic mass is 19.1. The van der Waals surface area contributed by atoms with Crippen LogP contribution in [-0.4, -0.2) is 47.9 Å². The number of piperazine rings is 1. The smallest absolute Gasteiger partial charge is 0.271 e. The molecule has 1 aromatic carbocycles. The van der Waals surface area contributed by atoms with Gasteiger partial charge < -0.3 is 19.9 Å². The van der Waals surface area contributed by atoms with Crippen LogP contribution < -0.4 is 10.1 Å². The first-order valence-electron chi connectivity index (χ1n) is 8.36. The number of carbonyl (C=O) groups excluding carboxylic acids is 2. The zero-order chi connectivity index (χ0) is 18.1. The van der Waals surface area contributed by atoms with Crippen molar-refractivity contribution in [3.05, 3.63) is 29.7 Å². The highest BCUT2D eigenvalue weighted by Crippen LogP contribution is 2.29. The first-order valence-corrected chi connectivity index (χ1v) is 8.36. The Morgan fingerprint density at radius 1 is 1.44 bits per heavy atom. The lowest BCUT2D eigenvalue weighted by molar-refractivity contribution is -0.128. The summed E-state index contributed by atoms with van der Waals surface area (Å²) in [6, 6.07) is 3.88. The number of halogens is 1. The summed E-state index contributed by atoms with van der Waals surface area (Å²) < 4.78 is 19.3. The molecule has 25 heavy (non-hydrogen) atoms. The second kappa shape index (κ2) is 6.74. The maximum absolute atomic E-state index is 14.1. The van der Waals surface area contributed by atoms with Gasteiger partial charge in [0, 0.05) is 18.5 Å². The Hall–Kier alpha value is -2.57. The van der Waals surface area contributed by atoms with Gasteiger partial charge in [-0.1, -0.05) is 13.8 Å². The first kappa shape index (κ1) is 17.3. The van der Waals surface area contributed by atoms with Crippen molar-refractivity contribution >= 4 is 22.7 Å². The van der Waals surface area contributed by atoms with E-state index in [0.717, 1.165) is 0 Å². The Kier molecular flexibility index (Phi) is 4.65. The van der Waals surface area contributed by atoms with Crippen LogP contribution in [0.2, 0.25) is 0 Å². The Bertz CT molecular complexity index is 815. The first-order chi connectivity index (χ1) is 11.9. The number of nitrogens with one attached hydrogen (secondary N) is 2. The van der Waals surface area contributed by atoms with Gasteiger partial charge in [0.2, 0.25) is 5.91 Å². The predicted molar refractivity (Wildman–Crippen MR) is 92.1 cm³/mol. The second-order valence-electron chi connectivity index (χ2n) is 6.66. The third-order valence-electron chi connectivity index (χ3n) is 4.44. The summed E-state index contributed by atoms with van der Waals surface area (Å²) >= 11 is 0. The van der Waals surface area contributed by atoms with Gasteiger partial charge in [-0.2, -0.15) is 0 Å². The molecule has 7 heteroatoms. The molecule has 2 N–H and O–H groups in total. The van der Waals surface area contributed by atoms with Gasteiger partial charge in [-0.25, -0.2) is 4.39 Å². The fourth-order valence-corrected chi connectivity index (χ4v) is 3.25. The van der Waals surface area contributed by atoms with Crippen LogP contribution in [0.3, 0.4) is 0 Å². The number of ether oxygens (including phenoxy) is 1. The maximum Gasteiger partial charge on any atom is 0.271 e. The lowest BCUT2D eigenvalue weighted by Gasteiger charge is -2.35. The van der Waals surface area contributed by atoms with Crippen LogP contribution in [0.1, 0.15) is 30.8 Å². The number of aromatic nitrogens is 1. The van der Waals surface area contributed by atoms with E-state index >= 15 is 0 Å². The highest BCUT2D eigenvalue weighted by Gasteiger charge is 2.34. The van der Waals surface area contributed by atoms with Crippen molar-refractivity contribution in [3.63, 3.8) is 0 Å². The molecule has 1 saturated heterocycles. The number of hydrogen-bond acceptors (Lipinski definition) is 3. The molecule has 1 aliphatic rings. The number of H-pyrrole nitrogens is 1. The van der Waals surface area contributed by atoms with E-state index in [4.69, 9.17) is 4.74 Å². The quantitative estimate of drug-likeness (QED) is 0.891. The van der Waals surface area contributed by atoms with Crippen molar-refractivity contribution in [1.29, 1.82) is 0 Å². The van der Waals surface area contributed by atoms with E-state index in [1.165, 1.54) is 19.2 Å². The van der Waals surface area contributed by atoms with Gasteiger partial charge in [-0.05, 0) is 30.5 Å². The van der Waals surface area contributed by atoms with E-state index in [2.05, 4.69) is 10.3 Å². The molecule has 6 nitrogen and oxygen atoms in total. The van der Waals surface area contributed by atoms with E-state index < -0.39 is 11.9 Å². The number of amides is 2. The van der Waals surface area contributed by atoms with Crippen molar-refractivity contribution in [2.75, 3.05) is 20.2 Å². The molecule has 0 spiro atoms. The SMILES string of the molecule is COc1ccc(F)c2[nH]c(C(=O)N3CCNC(=O)C3CC(C)C)cc12. The van der Waals surface area contributed by atoms with Gasteiger partial charge in [-0.3, -0.25) is 9.59 Å². The number of benzene rings is 1. The van der Waals surface area contributed by atoms with Crippen molar-refractivity contribution < 1.29 is 18.7 Å². The molecule has 1 unspecified atom stereocenters. The molecule has 2 aromatic rings. The summed E-state index contributed by atoms with van der Waals surface area (Å²) in [6.45, 7) is 4.86. The molecular formula is C18H22FN3O3. The zero-order valence-corrected chi connectivity index (χ0v) is 14.6. The minimum atomic E-state index is -0.514. The van der Waals surface area contributed by atoms with Crippen LogP contribution in [0.4, 0.5) is 4.39 Å². The van der Waals surface area contributed by atoms with E-state index in [0.29, 0.717) is 30.6 Å². The van der Waals surface area contributed by atoms with Crippen molar-refractivity contribution in [2.45, 2.75) is 26.3 Å². The van der Waals surface area contributed by atoms with E-state index in [-0.39, 0.29) is 28.9 Å². The van der Waals surface area contributed by atoms with E-state index in [1.807, 2.05) is 13.8 Å². The normalized spacial score (nSPS) is 17.9. The molecule has 0 saturated carbocycles. The molecule has 0 radical (unpaired) electrons. The van der Waals surface area contributed by atoms with E-state index in [9.17, 15) is 14.0 Å². The number of hydrogen-bond donors (Lipinski definition) is 2. The van der Waals surface area contributed by atoms with Crippen LogP contribution >= 0.6 is 0 Å². The molecule has 1 atom stereocenters. The summed E-state index contributed by atoms with van der Waals surface area (Å²) in [5, 5.41) is 3.31. The molecule has 1 fully saturated rings. The summed E-state index contributed by atoms with van der Waals surface area (Å²) in [6.07, 6.45) is 0.579. The minimum Gasteiger partial charge on any atom is -0.496 e. The predicted octanol–water partition coefficient (Wildman–Crippen LogP) is 2.30. The van der Waals surface area contributed by atoms with Crippen LogP contribution in [0.5, 0.6) is 5.75 Å². The molecule has 2 amide bonds. The zero-order valence-electron chi connectivity index (χ0n) is 14.6. The van der Waals surface area contributed by atoms with Gasteiger partial charge in [0.05, 0.1) is 12.6 Å². The van der Waals surface area contributed by atoms with Crippen LogP contribution in [0.25, 0.3) is 10.9 Å². The number of nitrogens with zero attached hydrogens (tertiary/aromatic N) is 1. The number of rotatable bonds is 4. The number of aromatic amines is 1. The van der Waals surface area contributed by atoms with Crippen LogP contribution in [0, 0.1) is 11.7 Å². The molecule has 0 aliphatic carbocycles. The van der Waals surface area contributed by atoms with Gasteiger partial charge in [0.25, 0.3) is 5.91 Å². The lowest BCUT2D eigenvalue weighted by Crippen LogP contribution is -2.57. The summed E-state index contributed by atoms with van der Waals surface area (Å²) in [5.74, 6) is -0.150. The average Bonchev–Trinajstić information content (AvgIpc) is 3.02. The second-order valence-corrected chi connectivity index (χ2v) is 6.66. The average molecular weight is 347 g/mol. The third-order valence-corrected chi connectivity index (χ3v) is 4.44. The Morgan fingerprint density at radius 2 is 2.20 bits per heavy atom. The van der Waals surface area contributed by atoms with Crippen molar-refractivity contribution in [2.24, 2.45) is 5.92 Å². The molecule has 0 bridgehead atoms. The topological polar surface area (TPSA) is 74.4 Å². The van der Waals surface area contributed by atoms with Crippen LogP contribution in [0.15, 0.2) is 18.2 Å². The van der Waals surface area contributed by atoms with Crippen molar-refractivity contribution in [3.8, 4) is 5.75 Å². The number of fused-ring (bicyclic) bond motifs is 1. The molecular weight excluding hydrogens is 325 g/mol. The Labute approximate surface area is 145 Å². The highest BCUT2D eigenvalue weighted by molar-refractivity contribution is 6.02. The molecule has 2 heterocycles. The van der Waals surface area contributed by atoms with Gasteiger partial charge in [0.1, 0.15) is 23.3 Å². The van der Waals surface area contributed by atoms with Gasteiger partial charge >= 0.3 is 0 Å². The van der Waals surface area contributed by atoms with Crippen molar-refractivity contribution in [1.82, 2.24) is 15.2 Å². The third kappa shape index (κ3) is 3.18. The molecule has 1 aromatic heterocycles. The van der Waals surface area contributed by atoms with Crippen LogP contribution in [-0.2, 0) is 4.79 Å². The lowest BCUT2D eigenvalue weighted by atomic mass is 9.99. The summed E-state index contributed by atoms with van der Waals surface area (Å²) in [7, 11) is 1.49. The largest absolute Gasteiger partial charge is 0.496 e. The van der Waals surface area contributed by atoms with Gasteiger partial charge in [0.15, 0.2) is 0 Å². The minimum absolute atomic E-state index is 0.145. The molecule has 3 rings (SSSR count). The summed E-state index contributed by atoms with van der Waals surface area (Å²) in [5.41, 5.74) is 0.478.